The van der Waals surface area contributed by atoms with E-state index in [1.54, 1.807) is 7.11 Å². The molecule has 2 heterocycles. The molecule has 4 heteroatoms. The lowest BCUT2D eigenvalue weighted by Crippen LogP contribution is -2.39. The van der Waals surface area contributed by atoms with Crippen molar-refractivity contribution in [3.63, 3.8) is 0 Å². The summed E-state index contributed by atoms with van der Waals surface area (Å²) >= 11 is 0. The van der Waals surface area contributed by atoms with Crippen molar-refractivity contribution in [1.82, 2.24) is 10.2 Å². The van der Waals surface area contributed by atoms with Crippen molar-refractivity contribution in [3.8, 4) is 11.5 Å². The molecule has 0 aromatic heterocycles. The van der Waals surface area contributed by atoms with Crippen LogP contribution >= 0.6 is 0 Å². The van der Waals surface area contributed by atoms with E-state index in [1.807, 2.05) is 6.07 Å². The second kappa shape index (κ2) is 8.02. The van der Waals surface area contributed by atoms with Gasteiger partial charge in [-0.1, -0.05) is 18.6 Å². The largest absolute Gasteiger partial charge is 0.493 e. The standard InChI is InChI=1S/C19H30N2O2/c1-21-12-6-9-17(14-21)23-19-15(7-5-10-18(19)22-2)13-16-8-3-4-11-20-16/h5,7,10,16-17,20H,3-4,6,8-9,11-14H2,1-2H3. The summed E-state index contributed by atoms with van der Waals surface area (Å²) in [5, 5.41) is 3.64. The van der Waals surface area contributed by atoms with Crippen molar-refractivity contribution in [2.45, 2.75) is 50.7 Å². The van der Waals surface area contributed by atoms with Gasteiger partial charge in [0.05, 0.1) is 7.11 Å². The Morgan fingerprint density at radius 3 is 2.87 bits per heavy atom. The van der Waals surface area contributed by atoms with Crippen molar-refractivity contribution in [2.75, 3.05) is 33.8 Å². The van der Waals surface area contributed by atoms with Crippen molar-refractivity contribution in [1.29, 1.82) is 0 Å². The lowest BCUT2D eigenvalue weighted by Gasteiger charge is -2.31. The average Bonchev–Trinajstić information content (AvgIpc) is 2.57. The minimum Gasteiger partial charge on any atom is -0.493 e. The van der Waals surface area contributed by atoms with Crippen LogP contribution in [0.25, 0.3) is 0 Å². The molecule has 0 amide bonds. The molecule has 3 rings (SSSR count). The SMILES string of the molecule is COc1cccc(CC2CCCCN2)c1OC1CCCN(C)C1. The normalized spacial score (nSPS) is 26.0. The number of likely N-dealkylation sites (tertiary alicyclic amines) is 1. The number of hydrogen-bond donors (Lipinski definition) is 1. The molecular formula is C19H30N2O2. The van der Waals surface area contributed by atoms with Crippen LogP contribution in [0.5, 0.6) is 11.5 Å². The van der Waals surface area contributed by atoms with Gasteiger partial charge in [-0.05, 0) is 63.9 Å². The molecule has 1 N–H and O–H groups in total. The molecule has 2 aliphatic rings. The first-order valence-corrected chi connectivity index (χ1v) is 9.00. The molecule has 0 radical (unpaired) electrons. The van der Waals surface area contributed by atoms with Crippen LogP contribution in [0, 0.1) is 0 Å². The first kappa shape index (κ1) is 16.6. The maximum Gasteiger partial charge on any atom is 0.164 e. The number of ether oxygens (including phenoxy) is 2. The molecule has 0 spiro atoms. The van der Waals surface area contributed by atoms with Gasteiger partial charge in [-0.25, -0.2) is 0 Å². The molecular weight excluding hydrogens is 288 g/mol. The summed E-state index contributed by atoms with van der Waals surface area (Å²) in [6.07, 6.45) is 7.50. The number of hydrogen-bond acceptors (Lipinski definition) is 4. The molecule has 2 atom stereocenters. The zero-order valence-electron chi connectivity index (χ0n) is 14.5. The Kier molecular flexibility index (Phi) is 5.79. The fourth-order valence-corrected chi connectivity index (χ4v) is 3.76. The van der Waals surface area contributed by atoms with Crippen LogP contribution in [-0.2, 0) is 6.42 Å². The van der Waals surface area contributed by atoms with Gasteiger partial charge in [0.2, 0.25) is 0 Å². The second-order valence-corrected chi connectivity index (χ2v) is 6.94. The molecule has 0 bridgehead atoms. The van der Waals surface area contributed by atoms with Gasteiger partial charge >= 0.3 is 0 Å². The molecule has 1 aromatic rings. The van der Waals surface area contributed by atoms with Crippen molar-refractivity contribution < 1.29 is 9.47 Å². The minimum absolute atomic E-state index is 0.267. The molecule has 0 aliphatic carbocycles. The summed E-state index contributed by atoms with van der Waals surface area (Å²) < 4.78 is 12.0. The van der Waals surface area contributed by atoms with Gasteiger partial charge in [0.25, 0.3) is 0 Å². The number of para-hydroxylation sites is 1. The van der Waals surface area contributed by atoms with E-state index in [4.69, 9.17) is 9.47 Å². The van der Waals surface area contributed by atoms with Gasteiger partial charge in [0.1, 0.15) is 6.10 Å². The highest BCUT2D eigenvalue weighted by atomic mass is 16.5. The van der Waals surface area contributed by atoms with Crippen LogP contribution < -0.4 is 14.8 Å². The number of piperidine rings is 2. The molecule has 23 heavy (non-hydrogen) atoms. The van der Waals surface area contributed by atoms with Crippen molar-refractivity contribution in [2.24, 2.45) is 0 Å². The summed E-state index contributed by atoms with van der Waals surface area (Å²) in [7, 11) is 3.91. The van der Waals surface area contributed by atoms with Gasteiger partial charge in [-0.15, -0.1) is 0 Å². The zero-order valence-corrected chi connectivity index (χ0v) is 14.5. The number of nitrogens with one attached hydrogen (secondary N) is 1. The summed E-state index contributed by atoms with van der Waals surface area (Å²) in [5.74, 6) is 1.83. The lowest BCUT2D eigenvalue weighted by atomic mass is 9.97. The summed E-state index contributed by atoms with van der Waals surface area (Å²) in [6, 6.07) is 6.85. The van der Waals surface area contributed by atoms with E-state index in [9.17, 15) is 0 Å². The lowest BCUT2D eigenvalue weighted by molar-refractivity contribution is 0.100. The quantitative estimate of drug-likeness (QED) is 0.905. The van der Waals surface area contributed by atoms with E-state index < -0.39 is 0 Å². The highest BCUT2D eigenvalue weighted by Gasteiger charge is 2.23. The topological polar surface area (TPSA) is 33.7 Å². The Morgan fingerprint density at radius 2 is 2.13 bits per heavy atom. The van der Waals surface area contributed by atoms with Crippen LogP contribution in [0.2, 0.25) is 0 Å². The molecule has 2 fully saturated rings. The fourth-order valence-electron chi connectivity index (χ4n) is 3.76. The third-order valence-corrected chi connectivity index (χ3v) is 5.02. The zero-order chi connectivity index (χ0) is 16.1. The van der Waals surface area contributed by atoms with E-state index in [0.29, 0.717) is 6.04 Å². The number of methoxy groups -OCH3 is 1. The third-order valence-electron chi connectivity index (χ3n) is 5.02. The van der Waals surface area contributed by atoms with Crippen molar-refractivity contribution >= 4 is 0 Å². The van der Waals surface area contributed by atoms with Crippen LogP contribution in [0.3, 0.4) is 0 Å². The smallest absolute Gasteiger partial charge is 0.164 e. The molecule has 128 valence electrons. The van der Waals surface area contributed by atoms with Crippen LogP contribution in [-0.4, -0.2) is 50.8 Å². The first-order chi connectivity index (χ1) is 11.3. The molecule has 2 unspecified atom stereocenters. The summed E-state index contributed by atoms with van der Waals surface area (Å²) in [6.45, 7) is 3.31. The Bertz CT molecular complexity index is 500. The van der Waals surface area contributed by atoms with E-state index in [-0.39, 0.29) is 6.10 Å². The number of likely N-dealkylation sites (N-methyl/N-ethyl adjacent to an activating group) is 1. The van der Waals surface area contributed by atoms with Crippen LogP contribution in [0.1, 0.15) is 37.7 Å². The maximum atomic E-state index is 6.43. The molecule has 1 aromatic carbocycles. The molecule has 0 saturated carbocycles. The van der Waals surface area contributed by atoms with Crippen LogP contribution in [0.4, 0.5) is 0 Å². The summed E-state index contributed by atoms with van der Waals surface area (Å²) in [5.41, 5.74) is 1.27. The Balaban J connectivity index is 1.75. The van der Waals surface area contributed by atoms with E-state index in [0.717, 1.165) is 37.4 Å². The minimum atomic E-state index is 0.267. The number of nitrogens with zero attached hydrogens (tertiary/aromatic N) is 1. The Labute approximate surface area is 140 Å². The highest BCUT2D eigenvalue weighted by Crippen LogP contribution is 2.34. The predicted octanol–water partition coefficient (Wildman–Crippen LogP) is 2.85. The van der Waals surface area contributed by atoms with Crippen molar-refractivity contribution in [3.05, 3.63) is 23.8 Å². The predicted molar refractivity (Wildman–Crippen MR) is 93.5 cm³/mol. The number of benzene rings is 1. The van der Waals surface area contributed by atoms with Gasteiger partial charge in [0, 0.05) is 12.6 Å². The van der Waals surface area contributed by atoms with E-state index in [2.05, 4.69) is 29.4 Å². The van der Waals surface area contributed by atoms with Gasteiger partial charge in [-0.3, -0.25) is 0 Å². The Hall–Kier alpha value is -1.26. The Morgan fingerprint density at radius 1 is 1.22 bits per heavy atom. The number of rotatable bonds is 5. The average molecular weight is 318 g/mol. The summed E-state index contributed by atoms with van der Waals surface area (Å²) in [4.78, 5) is 2.35. The first-order valence-electron chi connectivity index (χ1n) is 9.00. The van der Waals surface area contributed by atoms with Crippen LogP contribution in [0.15, 0.2) is 18.2 Å². The molecule has 2 saturated heterocycles. The highest BCUT2D eigenvalue weighted by molar-refractivity contribution is 5.47. The molecule has 4 nitrogen and oxygen atoms in total. The second-order valence-electron chi connectivity index (χ2n) is 6.94. The maximum absolute atomic E-state index is 6.43. The van der Waals surface area contributed by atoms with Gasteiger partial charge in [0.15, 0.2) is 11.5 Å². The third kappa shape index (κ3) is 4.39. The van der Waals surface area contributed by atoms with Gasteiger partial charge in [-0.2, -0.15) is 0 Å². The fraction of sp³-hybridized carbons (Fsp3) is 0.684. The van der Waals surface area contributed by atoms with E-state index in [1.165, 1.54) is 37.8 Å². The monoisotopic (exact) mass is 318 g/mol. The van der Waals surface area contributed by atoms with E-state index >= 15 is 0 Å². The van der Waals surface area contributed by atoms with Gasteiger partial charge < -0.3 is 19.7 Å². The molecule has 2 aliphatic heterocycles.